The third kappa shape index (κ3) is 7.80. The van der Waals surface area contributed by atoms with Crippen LogP contribution in [0.25, 0.3) is 0 Å². The van der Waals surface area contributed by atoms with Crippen LogP contribution in [0.15, 0.2) is 48.5 Å². The second-order valence-corrected chi connectivity index (χ2v) is 15.9. The largest absolute Gasteiger partial charge is 0.446 e. The minimum Gasteiger partial charge on any atom is -0.446 e. The van der Waals surface area contributed by atoms with Crippen LogP contribution in [0.4, 0.5) is 21.0 Å². The zero-order valence-electron chi connectivity index (χ0n) is 32.4. The molecule has 2 N–H and O–H groups in total. The van der Waals surface area contributed by atoms with Gasteiger partial charge in [-0.25, -0.2) is 9.59 Å². The van der Waals surface area contributed by atoms with Gasteiger partial charge in [0.1, 0.15) is 12.2 Å². The van der Waals surface area contributed by atoms with E-state index in [2.05, 4.69) is 104 Å². The first-order chi connectivity index (χ1) is 23.0. The molecule has 0 radical (unpaired) electrons. The Bertz CT molecular complexity index is 1320. The molecule has 0 bridgehead atoms. The number of nitrogens with zero attached hydrogens (tertiary/aromatic N) is 2. The van der Waals surface area contributed by atoms with Crippen molar-refractivity contribution in [1.82, 2.24) is 9.80 Å². The zero-order valence-corrected chi connectivity index (χ0v) is 32.4. The summed E-state index contributed by atoms with van der Waals surface area (Å²) in [5.74, 6) is 0.416. The van der Waals surface area contributed by atoms with Crippen molar-refractivity contribution in [2.24, 2.45) is 11.8 Å². The molecule has 2 fully saturated rings. The van der Waals surface area contributed by atoms with Crippen LogP contribution >= 0.6 is 0 Å². The molecule has 4 rings (SSSR count). The molecule has 8 heteroatoms. The Morgan fingerprint density at radius 1 is 0.633 bits per heavy atom. The highest BCUT2D eigenvalue weighted by molar-refractivity contribution is 5.85. The maximum absolute atomic E-state index is 13.0. The van der Waals surface area contributed by atoms with Crippen molar-refractivity contribution >= 4 is 23.6 Å². The van der Waals surface area contributed by atoms with Crippen molar-refractivity contribution in [1.29, 1.82) is 0 Å². The molecule has 2 aromatic rings. The summed E-state index contributed by atoms with van der Waals surface area (Å²) >= 11 is 0. The van der Waals surface area contributed by atoms with E-state index >= 15 is 0 Å². The molecule has 49 heavy (non-hydrogen) atoms. The van der Waals surface area contributed by atoms with Gasteiger partial charge in [-0.3, -0.25) is 20.4 Å². The van der Waals surface area contributed by atoms with Crippen molar-refractivity contribution in [3.8, 4) is 0 Å². The Hall–Kier alpha value is -3.10. The van der Waals surface area contributed by atoms with Gasteiger partial charge in [-0.15, -0.1) is 0 Å². The third-order valence-corrected chi connectivity index (χ3v) is 13.8. The van der Waals surface area contributed by atoms with E-state index in [4.69, 9.17) is 9.47 Å². The maximum Gasteiger partial charge on any atom is 0.411 e. The predicted octanol–water partition coefficient (Wildman–Crippen LogP) is 9.73. The first-order valence-corrected chi connectivity index (χ1v) is 18.6. The van der Waals surface area contributed by atoms with Crippen molar-refractivity contribution in [2.45, 2.75) is 149 Å². The summed E-state index contributed by atoms with van der Waals surface area (Å²) in [6.07, 6.45) is 5.20. The number of piperidine rings is 2. The topological polar surface area (TPSA) is 83.1 Å². The normalized spacial score (nSPS) is 33.9. The van der Waals surface area contributed by atoms with E-state index in [-0.39, 0.29) is 46.2 Å². The molecule has 2 aliphatic heterocycles. The fraction of sp³-hybridized carbons (Fsp3) is 0.659. The molecule has 2 aliphatic rings. The quantitative estimate of drug-likeness (QED) is 0.261. The number of hydrogen-bond acceptors (Lipinski definition) is 6. The number of rotatable bonds is 10. The van der Waals surface area contributed by atoms with E-state index in [1.807, 2.05) is 48.5 Å². The number of likely N-dealkylation sites (tertiary alicyclic amines) is 2. The molecular formula is C41H64N4O4. The number of hydrogen-bond donors (Lipinski definition) is 2. The summed E-state index contributed by atoms with van der Waals surface area (Å²) in [6, 6.07) is 15.8. The van der Waals surface area contributed by atoms with Gasteiger partial charge in [0.25, 0.3) is 0 Å². The molecule has 8 atom stereocenters. The van der Waals surface area contributed by atoms with Crippen molar-refractivity contribution in [3.63, 3.8) is 0 Å². The lowest BCUT2D eigenvalue weighted by atomic mass is 9.68. The molecule has 2 aromatic carbocycles. The van der Waals surface area contributed by atoms with E-state index in [0.717, 1.165) is 56.1 Å². The predicted molar refractivity (Wildman–Crippen MR) is 201 cm³/mol. The summed E-state index contributed by atoms with van der Waals surface area (Å²) in [4.78, 5) is 31.1. The highest BCUT2D eigenvalue weighted by Crippen LogP contribution is 2.47. The maximum atomic E-state index is 13.0. The lowest BCUT2D eigenvalue weighted by Crippen LogP contribution is -2.66. The molecule has 8 nitrogen and oxygen atoms in total. The number of ether oxygens (including phenoxy) is 2. The van der Waals surface area contributed by atoms with Crippen LogP contribution in [0.1, 0.15) is 119 Å². The fourth-order valence-electron chi connectivity index (χ4n) is 8.53. The Labute approximate surface area is 296 Å². The van der Waals surface area contributed by atoms with Gasteiger partial charge in [0.2, 0.25) is 0 Å². The van der Waals surface area contributed by atoms with E-state index in [1.54, 1.807) is 0 Å². The summed E-state index contributed by atoms with van der Waals surface area (Å²) in [5, 5.41) is 5.90. The monoisotopic (exact) mass is 676 g/mol. The van der Waals surface area contributed by atoms with Crippen molar-refractivity contribution < 1.29 is 19.1 Å². The zero-order chi connectivity index (χ0) is 36.4. The Morgan fingerprint density at radius 2 is 0.959 bits per heavy atom. The average Bonchev–Trinajstić information content (AvgIpc) is 3.09. The first-order valence-electron chi connectivity index (χ1n) is 18.6. The molecule has 0 spiro atoms. The number of anilines is 2. The summed E-state index contributed by atoms with van der Waals surface area (Å²) < 4.78 is 12.2. The first kappa shape index (κ1) is 38.7. The summed E-state index contributed by atoms with van der Waals surface area (Å²) in [6.45, 7) is 22.4. The van der Waals surface area contributed by atoms with Crippen LogP contribution in [-0.2, 0) is 15.9 Å². The second-order valence-electron chi connectivity index (χ2n) is 15.9. The molecule has 2 amide bonds. The van der Waals surface area contributed by atoms with Crippen molar-refractivity contribution in [3.05, 3.63) is 59.7 Å². The SMILES string of the molecule is CCC1(C)CC(OC(=O)Nc2ccc(Cc3ccc(NC(=O)OC4CC(C)(CC)N(C)C(C)(CC)C4C)cc3)cc2)C(C)C(C)(CC)N1C. The Kier molecular flexibility index (Phi) is 11.9. The average molecular weight is 677 g/mol. The van der Waals surface area contributed by atoms with Crippen LogP contribution in [0.2, 0.25) is 0 Å². The summed E-state index contributed by atoms with van der Waals surface area (Å²) in [7, 11) is 4.42. The molecule has 0 aliphatic carbocycles. The van der Waals surface area contributed by atoms with Crippen LogP contribution in [0.5, 0.6) is 0 Å². The molecule has 2 heterocycles. The van der Waals surface area contributed by atoms with E-state index in [0.29, 0.717) is 11.4 Å². The highest BCUT2D eigenvalue weighted by Gasteiger charge is 2.53. The number of amides is 2. The molecule has 8 unspecified atom stereocenters. The van der Waals surface area contributed by atoms with Gasteiger partial charge < -0.3 is 9.47 Å². The van der Waals surface area contributed by atoms with E-state index in [1.165, 1.54) is 0 Å². The standard InChI is InChI=1S/C41H64N4O4/c1-13-38(7)26-34(28(5)40(9,15-3)44(38)11)48-36(46)42-32-21-17-30(18-22-32)25-31-19-23-33(24-20-31)43-37(47)49-35-27-39(8,14-2)45(12)41(10,16-4)29(35)6/h17-24,28-29,34-35H,13-16,25-27H2,1-12H3,(H,42,46)(H,43,47). The lowest BCUT2D eigenvalue weighted by molar-refractivity contribution is -0.123. The van der Waals surface area contributed by atoms with Gasteiger partial charge in [-0.2, -0.15) is 0 Å². The van der Waals surface area contributed by atoms with Crippen LogP contribution in [-0.4, -0.2) is 70.4 Å². The van der Waals surface area contributed by atoms with Gasteiger partial charge in [-0.1, -0.05) is 65.8 Å². The van der Waals surface area contributed by atoms with E-state index < -0.39 is 12.2 Å². The summed E-state index contributed by atoms with van der Waals surface area (Å²) in [5.41, 5.74) is 3.51. The van der Waals surface area contributed by atoms with Gasteiger partial charge in [0.05, 0.1) is 0 Å². The minimum absolute atomic E-state index is 0.0271. The van der Waals surface area contributed by atoms with Gasteiger partial charge in [-0.05, 0) is 109 Å². The molecular weight excluding hydrogens is 612 g/mol. The number of carbonyl (C=O) groups excluding carboxylic acids is 2. The Morgan fingerprint density at radius 3 is 1.24 bits per heavy atom. The highest BCUT2D eigenvalue weighted by atomic mass is 16.6. The second kappa shape index (κ2) is 15.0. The van der Waals surface area contributed by atoms with E-state index in [9.17, 15) is 9.59 Å². The van der Waals surface area contributed by atoms with Crippen LogP contribution in [0, 0.1) is 11.8 Å². The number of carbonyl (C=O) groups is 2. The third-order valence-electron chi connectivity index (χ3n) is 13.8. The van der Waals surface area contributed by atoms with Crippen LogP contribution in [0.3, 0.4) is 0 Å². The Balaban J connectivity index is 1.30. The fourth-order valence-corrected chi connectivity index (χ4v) is 8.53. The number of nitrogens with one attached hydrogen (secondary N) is 2. The number of benzene rings is 2. The molecule has 0 aromatic heterocycles. The molecule has 0 saturated carbocycles. The smallest absolute Gasteiger partial charge is 0.411 e. The van der Waals surface area contributed by atoms with Gasteiger partial charge in [0.15, 0.2) is 0 Å². The molecule has 272 valence electrons. The lowest BCUT2D eigenvalue weighted by Gasteiger charge is -2.59. The molecule has 2 saturated heterocycles. The van der Waals surface area contributed by atoms with Crippen molar-refractivity contribution in [2.75, 3.05) is 24.7 Å². The van der Waals surface area contributed by atoms with Crippen LogP contribution < -0.4 is 10.6 Å². The van der Waals surface area contributed by atoms with Gasteiger partial charge >= 0.3 is 12.2 Å². The minimum atomic E-state index is -0.406. The van der Waals surface area contributed by atoms with Gasteiger partial charge in [0, 0.05) is 58.2 Å².